The highest BCUT2D eigenvalue weighted by Gasteiger charge is 2.45. The summed E-state index contributed by atoms with van der Waals surface area (Å²) in [6.07, 6.45) is 17.9. The topological polar surface area (TPSA) is 211 Å². The number of allylic oxidation sites excluding steroid dienone is 9. The van der Waals surface area contributed by atoms with Crippen molar-refractivity contribution in [1.82, 2.24) is 6.23 Å². The van der Waals surface area contributed by atoms with Crippen molar-refractivity contribution in [1.29, 1.82) is 0 Å². The van der Waals surface area contributed by atoms with E-state index in [4.69, 9.17) is 0 Å². The molecule has 0 radical (unpaired) electrons. The van der Waals surface area contributed by atoms with Gasteiger partial charge in [0, 0.05) is 39.3 Å². The predicted octanol–water partition coefficient (Wildman–Crippen LogP) is 13.1. The standard InChI is InChI=1S/C62H57N2O12S8/c1-43-10-22-51(23-11-43)59-39-49(41-61(77-59)53-26-34-57(35-27-53)83(73,74)63(79(5,65)66)81(69,70)55-30-14-45(3)15-31-55)20-18-47-8-7-9-48(38-47)19-21-50-40-60(52-24-12-44(2)13-25-52)78-62(42-50)54-28-36-58(37-29-54)84(75,76)64(80(6,67)68)82(71,72)56-32-16-46(4)17-33-56/h10-42H,7-9H2,1-6H3/q+1. The highest BCUT2D eigenvalue weighted by molar-refractivity contribution is 8.18. The van der Waals surface area contributed by atoms with Gasteiger partial charge in [-0.2, -0.15) is 0 Å². The molecule has 0 bridgehead atoms. The minimum atomic E-state index is -5.14. The van der Waals surface area contributed by atoms with Crippen molar-refractivity contribution >= 4 is 99.1 Å². The number of thioether (sulfide) groups is 1. The molecule has 0 atom stereocenters. The molecule has 0 spiro atoms. The zero-order chi connectivity index (χ0) is 60.6. The second-order valence-electron chi connectivity index (χ2n) is 20.3. The molecule has 0 saturated heterocycles. The first-order valence-electron chi connectivity index (χ1n) is 25.9. The fraction of sp³-hybridized carbons (Fsp3) is 0.145. The van der Waals surface area contributed by atoms with Gasteiger partial charge in [-0.1, -0.05) is 137 Å². The maximum Gasteiger partial charge on any atom is 0.270 e. The Hall–Kier alpha value is -6.70. The summed E-state index contributed by atoms with van der Waals surface area (Å²) in [5, 5.41) is 0. The lowest BCUT2D eigenvalue weighted by molar-refractivity contribution is 0.527. The van der Waals surface area contributed by atoms with Crippen LogP contribution in [-0.2, 0) is 60.1 Å². The molecule has 434 valence electrons. The van der Waals surface area contributed by atoms with Crippen LogP contribution >= 0.6 is 23.1 Å². The van der Waals surface area contributed by atoms with Gasteiger partial charge in [-0.05, 0) is 165 Å². The van der Waals surface area contributed by atoms with Crippen molar-refractivity contribution in [3.05, 3.63) is 250 Å². The molecule has 6 aromatic carbocycles. The highest BCUT2D eigenvalue weighted by atomic mass is 32.3. The molecule has 0 N–H and O–H groups in total. The Labute approximate surface area is 501 Å². The van der Waals surface area contributed by atoms with Crippen LogP contribution in [0.1, 0.15) is 58.2 Å². The largest absolute Gasteiger partial charge is 0.270 e. The number of nitrogens with zero attached hydrogens (tertiary/aromatic N) is 2. The van der Waals surface area contributed by atoms with Crippen molar-refractivity contribution in [2.75, 3.05) is 12.5 Å². The van der Waals surface area contributed by atoms with Crippen LogP contribution in [0.25, 0.3) is 36.8 Å². The van der Waals surface area contributed by atoms with E-state index in [9.17, 15) is 50.5 Å². The highest BCUT2D eigenvalue weighted by Crippen LogP contribution is 2.45. The normalized spacial score (nSPS) is 15.8. The second-order valence-corrected chi connectivity index (χ2v) is 34.6. The molecule has 0 unspecified atom stereocenters. The summed E-state index contributed by atoms with van der Waals surface area (Å²) in [6.45, 7) is 7.41. The summed E-state index contributed by atoms with van der Waals surface area (Å²) < 4.78 is 162. The number of hydrogen-bond acceptors (Lipinski definition) is 13. The first-order valence-corrected chi connectivity index (χ1v) is 37.0. The van der Waals surface area contributed by atoms with Gasteiger partial charge in [-0.15, -0.1) is 0 Å². The molecule has 0 amide bonds. The zero-order valence-electron chi connectivity index (χ0n) is 46.2. The first-order chi connectivity index (χ1) is 39.5. The van der Waals surface area contributed by atoms with Crippen molar-refractivity contribution < 1.29 is 50.5 Å². The van der Waals surface area contributed by atoms with Crippen LogP contribution in [0.4, 0.5) is 0 Å². The number of sulfonamides is 6. The van der Waals surface area contributed by atoms with E-state index in [0.29, 0.717) is 34.8 Å². The van der Waals surface area contributed by atoms with Gasteiger partial charge in [0.25, 0.3) is 40.1 Å². The smallest absolute Gasteiger partial charge is 0.210 e. The molecule has 22 heteroatoms. The summed E-state index contributed by atoms with van der Waals surface area (Å²) in [5.74, 6) is 0. The molecule has 7 aromatic rings. The summed E-state index contributed by atoms with van der Waals surface area (Å²) in [4.78, 5) is 1.30. The van der Waals surface area contributed by atoms with E-state index in [-0.39, 0.29) is 0 Å². The Morgan fingerprint density at radius 3 is 1.12 bits per heavy atom. The molecule has 0 fully saturated rings. The predicted molar refractivity (Wildman–Crippen MR) is 337 cm³/mol. The molecule has 1 aliphatic carbocycles. The van der Waals surface area contributed by atoms with E-state index in [1.54, 1.807) is 13.8 Å². The van der Waals surface area contributed by atoms with Gasteiger partial charge >= 0.3 is 0 Å². The molecule has 1 aliphatic heterocycles. The molecular formula is C62H57N2O12S8+. The second kappa shape index (κ2) is 24.3. The van der Waals surface area contributed by atoms with E-state index in [1.807, 2.05) is 86.7 Å². The van der Waals surface area contributed by atoms with E-state index in [2.05, 4.69) is 30.4 Å². The quantitative estimate of drug-likeness (QED) is 0.0778. The van der Waals surface area contributed by atoms with Crippen LogP contribution in [-0.4, -0.2) is 69.2 Å². The Bertz CT molecular complexity index is 4630. The van der Waals surface area contributed by atoms with E-state index >= 15 is 0 Å². The van der Waals surface area contributed by atoms with E-state index in [1.165, 1.54) is 95.9 Å². The van der Waals surface area contributed by atoms with E-state index in [0.717, 1.165) is 108 Å². The lowest BCUT2D eigenvalue weighted by Gasteiger charge is -2.21. The maximum absolute atomic E-state index is 14.0. The first kappa shape index (κ1) is 61.8. The summed E-state index contributed by atoms with van der Waals surface area (Å²) >= 11 is 2.93. The maximum atomic E-state index is 14.0. The molecule has 14 nitrogen and oxygen atoms in total. The average Bonchev–Trinajstić information content (AvgIpc) is 1.43. The van der Waals surface area contributed by atoms with Gasteiger partial charge in [-0.25, -0.2) is 50.5 Å². The van der Waals surface area contributed by atoms with Crippen LogP contribution < -0.4 is 0 Å². The molecular weight excluding hydrogens is 1220 g/mol. The Kier molecular flexibility index (Phi) is 17.9. The van der Waals surface area contributed by atoms with Crippen molar-refractivity contribution in [2.24, 2.45) is 0 Å². The Morgan fingerprint density at radius 2 is 0.738 bits per heavy atom. The van der Waals surface area contributed by atoms with Gasteiger partial charge in [0.05, 0.1) is 32.1 Å². The van der Waals surface area contributed by atoms with Crippen LogP contribution in [0.3, 0.4) is 0 Å². The number of hydrogen-bond donors (Lipinski definition) is 0. The average molecular weight is 1280 g/mol. The lowest BCUT2D eigenvalue weighted by atomic mass is 9.94. The molecule has 9 rings (SSSR count). The van der Waals surface area contributed by atoms with Gasteiger partial charge in [0.1, 0.15) is 0 Å². The van der Waals surface area contributed by atoms with Crippen LogP contribution in [0.2, 0.25) is 0 Å². The summed E-state index contributed by atoms with van der Waals surface area (Å²) in [7, 11) is -30.2. The minimum absolute atomic E-state index is 0.425. The van der Waals surface area contributed by atoms with Gasteiger partial charge < -0.3 is 0 Å². The third-order valence-electron chi connectivity index (χ3n) is 13.4. The van der Waals surface area contributed by atoms with Crippen molar-refractivity contribution in [3.8, 4) is 20.9 Å². The van der Waals surface area contributed by atoms with E-state index < -0.39 is 86.0 Å². The SMILES string of the molecule is Cc1ccc(C2=C/C(=C/C=C3C=C(/C=C/c4cc(-c5ccc(C)cc5)[s+]c(-c5ccc(S(=O)(=O)N(S(C)(=O)=O)S(=O)(=O)c6ccc(C)cc6)cc5)c4)CCC/3)C=C(c3ccc(S(=O)(=O)N(S(C)(=O)=O)S(=O)(=O)c4ccc(C)cc4)cc3)S2)cc1. The van der Waals surface area contributed by atoms with Gasteiger partial charge in [-0.3, -0.25) is 0 Å². The molecule has 1 aromatic heterocycles. The summed E-state index contributed by atoms with van der Waals surface area (Å²) in [6, 6.07) is 41.4. The van der Waals surface area contributed by atoms with Crippen LogP contribution in [0, 0.1) is 27.7 Å². The van der Waals surface area contributed by atoms with Crippen LogP contribution in [0.5, 0.6) is 0 Å². The number of aryl methyl sites for hydroxylation is 4. The van der Waals surface area contributed by atoms with Crippen molar-refractivity contribution in [3.63, 3.8) is 0 Å². The van der Waals surface area contributed by atoms with Gasteiger partial charge in [0.15, 0.2) is 0 Å². The number of benzene rings is 6. The zero-order valence-corrected chi connectivity index (χ0v) is 52.8. The molecule has 2 aliphatic rings. The number of rotatable bonds is 17. The Morgan fingerprint density at radius 1 is 0.405 bits per heavy atom. The fourth-order valence-electron chi connectivity index (χ4n) is 9.11. The third-order valence-corrected chi connectivity index (χ3v) is 29.8. The fourth-order valence-corrected chi connectivity index (χ4v) is 23.8. The lowest BCUT2D eigenvalue weighted by Crippen LogP contribution is -2.41. The van der Waals surface area contributed by atoms with Crippen LogP contribution in [0.15, 0.2) is 230 Å². The monoisotopic (exact) mass is 1280 g/mol. The minimum Gasteiger partial charge on any atom is -0.210 e. The van der Waals surface area contributed by atoms with Gasteiger partial charge in [0.2, 0.25) is 41.1 Å². The molecule has 0 saturated carbocycles. The third kappa shape index (κ3) is 13.8. The Balaban J connectivity index is 1.01. The molecule has 2 heterocycles. The molecule has 84 heavy (non-hydrogen) atoms. The summed E-state index contributed by atoms with van der Waals surface area (Å²) in [5.41, 5.74) is 10.5. The van der Waals surface area contributed by atoms with Crippen molar-refractivity contribution in [2.45, 2.75) is 66.5 Å².